The highest BCUT2D eigenvalue weighted by Gasteiger charge is 2.03. The first-order chi connectivity index (χ1) is 5.25. The van der Waals surface area contributed by atoms with E-state index in [4.69, 9.17) is 11.6 Å². The predicted octanol–water partition coefficient (Wildman–Crippen LogP) is 3.56. The van der Waals surface area contributed by atoms with Crippen LogP contribution in [0.2, 0.25) is 0 Å². The molecule has 1 aromatic carbocycles. The van der Waals surface area contributed by atoms with Crippen LogP contribution in [0.1, 0.15) is 30.9 Å². The van der Waals surface area contributed by atoms with Crippen LogP contribution in [0.15, 0.2) is 24.3 Å². The third-order valence-corrected chi connectivity index (χ3v) is 1.97. The Morgan fingerprint density at radius 2 is 1.91 bits per heavy atom. The van der Waals surface area contributed by atoms with Gasteiger partial charge in [-0.1, -0.05) is 38.1 Å². The lowest BCUT2D eigenvalue weighted by molar-refractivity contribution is 0.861. The fourth-order valence-corrected chi connectivity index (χ4v) is 1.33. The maximum atomic E-state index is 5.65. The van der Waals surface area contributed by atoms with Crippen molar-refractivity contribution < 1.29 is 0 Å². The van der Waals surface area contributed by atoms with E-state index in [0.29, 0.717) is 5.92 Å². The molecule has 0 saturated carbocycles. The van der Waals surface area contributed by atoms with Gasteiger partial charge in [-0.2, -0.15) is 0 Å². The number of hydrogen-bond donors (Lipinski definition) is 0. The Morgan fingerprint density at radius 3 is 2.36 bits per heavy atom. The van der Waals surface area contributed by atoms with Crippen LogP contribution in [0, 0.1) is 5.88 Å². The van der Waals surface area contributed by atoms with Gasteiger partial charge in [0.15, 0.2) is 0 Å². The van der Waals surface area contributed by atoms with E-state index in [0.717, 1.165) is 5.56 Å². The summed E-state index contributed by atoms with van der Waals surface area (Å²) in [5.41, 5.74) is 2.44. The molecule has 0 aliphatic rings. The molecule has 0 aliphatic heterocycles. The van der Waals surface area contributed by atoms with Gasteiger partial charge in [0.25, 0.3) is 0 Å². The Kier molecular flexibility index (Phi) is 2.95. The minimum Gasteiger partial charge on any atom is -0.116 e. The van der Waals surface area contributed by atoms with E-state index in [1.807, 2.05) is 18.2 Å². The average molecular weight is 168 g/mol. The molecule has 0 heterocycles. The molecule has 11 heavy (non-hydrogen) atoms. The Morgan fingerprint density at radius 1 is 1.27 bits per heavy atom. The topological polar surface area (TPSA) is 0 Å². The van der Waals surface area contributed by atoms with Crippen molar-refractivity contribution in [1.82, 2.24) is 0 Å². The fourth-order valence-electron chi connectivity index (χ4n) is 1.14. The molecule has 0 nitrogen and oxygen atoms in total. The first-order valence-electron chi connectivity index (χ1n) is 3.78. The molecular weight excluding hydrogens is 156 g/mol. The van der Waals surface area contributed by atoms with Crippen molar-refractivity contribution >= 4 is 11.6 Å². The molecule has 0 bridgehead atoms. The lowest BCUT2D eigenvalue weighted by Gasteiger charge is -2.08. The zero-order chi connectivity index (χ0) is 8.27. The molecule has 0 saturated heterocycles. The van der Waals surface area contributed by atoms with Gasteiger partial charge in [0, 0.05) is 0 Å². The van der Waals surface area contributed by atoms with E-state index in [9.17, 15) is 0 Å². The summed E-state index contributed by atoms with van der Waals surface area (Å²) in [6, 6.07) is 8.18. The second-order valence-corrected chi connectivity index (χ2v) is 3.11. The van der Waals surface area contributed by atoms with Gasteiger partial charge in [-0.3, -0.25) is 0 Å². The molecule has 0 atom stereocenters. The summed E-state index contributed by atoms with van der Waals surface area (Å²) in [5.74, 6) is 2.18. The highest BCUT2D eigenvalue weighted by Crippen LogP contribution is 2.21. The molecule has 0 fully saturated rings. The molecule has 0 aromatic heterocycles. The van der Waals surface area contributed by atoms with Gasteiger partial charge in [-0.15, -0.1) is 11.6 Å². The molecule has 0 aliphatic carbocycles. The van der Waals surface area contributed by atoms with Crippen molar-refractivity contribution in [2.24, 2.45) is 0 Å². The number of rotatable bonds is 2. The van der Waals surface area contributed by atoms with E-state index in [2.05, 4.69) is 19.9 Å². The smallest absolute Gasteiger partial charge is 0.0793 e. The SMILES string of the molecule is CC(C)c1ccccc1[CH]Cl. The van der Waals surface area contributed by atoms with Crippen molar-refractivity contribution in [2.75, 3.05) is 0 Å². The lowest BCUT2D eigenvalue weighted by Crippen LogP contribution is -1.91. The molecule has 59 valence electrons. The summed E-state index contributed by atoms with van der Waals surface area (Å²) in [4.78, 5) is 0. The highest BCUT2D eigenvalue weighted by atomic mass is 35.5. The molecule has 0 unspecified atom stereocenters. The van der Waals surface area contributed by atoms with Crippen LogP contribution in [0.3, 0.4) is 0 Å². The number of benzene rings is 1. The van der Waals surface area contributed by atoms with Gasteiger partial charge >= 0.3 is 0 Å². The van der Waals surface area contributed by atoms with Crippen LogP contribution >= 0.6 is 11.6 Å². The molecule has 0 N–H and O–H groups in total. The van der Waals surface area contributed by atoms with Crippen LogP contribution in [0.5, 0.6) is 0 Å². The van der Waals surface area contributed by atoms with Crippen LogP contribution < -0.4 is 0 Å². The zero-order valence-electron chi connectivity index (χ0n) is 6.84. The quantitative estimate of drug-likeness (QED) is 0.632. The summed E-state index contributed by atoms with van der Waals surface area (Å²) in [7, 11) is 0. The summed E-state index contributed by atoms with van der Waals surface area (Å²) < 4.78 is 0. The summed E-state index contributed by atoms with van der Waals surface area (Å²) in [5, 5.41) is 0. The molecule has 1 heteroatoms. The molecule has 0 amide bonds. The maximum absolute atomic E-state index is 5.65. The third-order valence-electron chi connectivity index (χ3n) is 1.74. The largest absolute Gasteiger partial charge is 0.116 e. The minimum absolute atomic E-state index is 0.543. The third kappa shape index (κ3) is 1.97. The van der Waals surface area contributed by atoms with Gasteiger partial charge in [0.05, 0.1) is 5.88 Å². The minimum atomic E-state index is 0.543. The number of halogens is 1. The normalized spacial score (nSPS) is 10.5. The fraction of sp³-hybridized carbons (Fsp3) is 0.300. The van der Waals surface area contributed by atoms with Crippen molar-refractivity contribution in [2.45, 2.75) is 19.8 Å². The van der Waals surface area contributed by atoms with E-state index in [1.54, 1.807) is 5.88 Å². The number of hydrogen-bond acceptors (Lipinski definition) is 0. The van der Waals surface area contributed by atoms with Crippen molar-refractivity contribution in [3.63, 3.8) is 0 Å². The van der Waals surface area contributed by atoms with Crippen molar-refractivity contribution in [3.05, 3.63) is 41.3 Å². The Balaban J connectivity index is 3.02. The van der Waals surface area contributed by atoms with Crippen LogP contribution in [0.4, 0.5) is 0 Å². The predicted molar refractivity (Wildman–Crippen MR) is 49.8 cm³/mol. The van der Waals surface area contributed by atoms with Crippen LogP contribution in [-0.2, 0) is 0 Å². The summed E-state index contributed by atoms with van der Waals surface area (Å²) >= 11 is 5.65. The first kappa shape index (κ1) is 8.61. The molecule has 1 rings (SSSR count). The average Bonchev–Trinajstić information content (AvgIpc) is 2.04. The van der Waals surface area contributed by atoms with Gasteiger partial charge in [-0.25, -0.2) is 0 Å². The molecular formula is C10H12Cl. The second-order valence-electron chi connectivity index (χ2n) is 2.89. The molecule has 1 radical (unpaired) electrons. The van der Waals surface area contributed by atoms with E-state index < -0.39 is 0 Å². The molecule has 1 aromatic rings. The first-order valence-corrected chi connectivity index (χ1v) is 4.21. The Labute approximate surface area is 73.2 Å². The summed E-state index contributed by atoms with van der Waals surface area (Å²) in [6.07, 6.45) is 0. The van der Waals surface area contributed by atoms with Gasteiger partial charge in [-0.05, 0) is 17.0 Å². The monoisotopic (exact) mass is 167 g/mol. The molecule has 0 spiro atoms. The lowest BCUT2D eigenvalue weighted by atomic mass is 9.98. The zero-order valence-corrected chi connectivity index (χ0v) is 7.60. The van der Waals surface area contributed by atoms with Crippen molar-refractivity contribution in [1.29, 1.82) is 0 Å². The van der Waals surface area contributed by atoms with Crippen LogP contribution in [0.25, 0.3) is 0 Å². The Bertz CT molecular complexity index is 228. The van der Waals surface area contributed by atoms with Crippen molar-refractivity contribution in [3.8, 4) is 0 Å². The summed E-state index contributed by atoms with van der Waals surface area (Å²) in [6.45, 7) is 4.33. The van der Waals surface area contributed by atoms with Gasteiger partial charge in [0.2, 0.25) is 0 Å². The van der Waals surface area contributed by atoms with Crippen LogP contribution in [-0.4, -0.2) is 0 Å². The van der Waals surface area contributed by atoms with E-state index in [1.165, 1.54) is 5.56 Å². The standard InChI is InChI=1S/C10H12Cl/c1-8(2)10-6-4-3-5-9(10)7-11/h3-8H,1-2H3. The highest BCUT2D eigenvalue weighted by molar-refractivity contribution is 6.25. The van der Waals surface area contributed by atoms with E-state index >= 15 is 0 Å². The second kappa shape index (κ2) is 3.77. The van der Waals surface area contributed by atoms with Gasteiger partial charge < -0.3 is 0 Å². The Hall–Kier alpha value is -0.490. The van der Waals surface area contributed by atoms with E-state index in [-0.39, 0.29) is 0 Å². The van der Waals surface area contributed by atoms with Gasteiger partial charge in [0.1, 0.15) is 0 Å². The maximum Gasteiger partial charge on any atom is 0.0793 e.